The molecule has 0 amide bonds. The maximum atomic E-state index is 11.8. The van der Waals surface area contributed by atoms with Crippen molar-refractivity contribution in [2.75, 3.05) is 31.6 Å². The summed E-state index contributed by atoms with van der Waals surface area (Å²) in [6.07, 6.45) is 2.72. The minimum atomic E-state index is -0.323. The second-order valence-corrected chi connectivity index (χ2v) is 5.58. The Hall–Kier alpha value is -2.14. The minimum Gasteiger partial charge on any atom is -0.462 e. The Labute approximate surface area is 130 Å². The van der Waals surface area contributed by atoms with Crippen LogP contribution in [0.15, 0.2) is 30.5 Å². The Bertz CT molecular complexity index is 681. The van der Waals surface area contributed by atoms with Gasteiger partial charge in [-0.1, -0.05) is 0 Å². The van der Waals surface area contributed by atoms with Gasteiger partial charge in [0.05, 0.1) is 17.7 Å². The molecule has 1 unspecified atom stereocenters. The molecule has 22 heavy (non-hydrogen) atoms. The number of rotatable bonds is 4. The lowest BCUT2D eigenvalue weighted by Crippen LogP contribution is -2.33. The molecule has 0 saturated carbocycles. The van der Waals surface area contributed by atoms with Crippen LogP contribution in [0.1, 0.15) is 23.7 Å². The molecule has 1 aliphatic rings. The third kappa shape index (κ3) is 2.90. The molecule has 1 N–H and O–H groups in total. The highest BCUT2D eigenvalue weighted by Gasteiger charge is 2.19. The van der Waals surface area contributed by atoms with Crippen LogP contribution in [0.4, 0.5) is 5.69 Å². The van der Waals surface area contributed by atoms with Gasteiger partial charge < -0.3 is 15.0 Å². The molecular weight excluding hydrogens is 278 g/mol. The Morgan fingerprint density at radius 1 is 1.45 bits per heavy atom. The van der Waals surface area contributed by atoms with Gasteiger partial charge in [0.25, 0.3) is 0 Å². The Balaban J connectivity index is 1.91. The lowest BCUT2D eigenvalue weighted by Gasteiger charge is -2.26. The van der Waals surface area contributed by atoms with Crippen LogP contribution in [0, 0.1) is 0 Å². The molecule has 5 nitrogen and oxygen atoms in total. The molecule has 116 valence electrons. The van der Waals surface area contributed by atoms with Crippen molar-refractivity contribution in [3.8, 4) is 0 Å². The van der Waals surface area contributed by atoms with Gasteiger partial charge in [-0.2, -0.15) is 0 Å². The van der Waals surface area contributed by atoms with Crippen molar-refractivity contribution in [2.45, 2.75) is 19.4 Å². The van der Waals surface area contributed by atoms with Crippen LogP contribution < -0.4 is 10.2 Å². The number of pyridine rings is 1. The zero-order valence-electron chi connectivity index (χ0n) is 13.0. The van der Waals surface area contributed by atoms with Gasteiger partial charge in [-0.05, 0) is 44.2 Å². The molecule has 2 aromatic rings. The van der Waals surface area contributed by atoms with Gasteiger partial charge in [-0.15, -0.1) is 0 Å². The van der Waals surface area contributed by atoms with E-state index in [1.54, 1.807) is 13.1 Å². The highest BCUT2D eigenvalue weighted by atomic mass is 16.5. The number of likely N-dealkylation sites (N-methyl/N-ethyl adjacent to an activating group) is 1. The zero-order valence-corrected chi connectivity index (χ0v) is 13.0. The Morgan fingerprint density at radius 3 is 3.05 bits per heavy atom. The monoisotopic (exact) mass is 299 g/mol. The van der Waals surface area contributed by atoms with Crippen LogP contribution in [-0.2, 0) is 4.74 Å². The van der Waals surface area contributed by atoms with Gasteiger partial charge in [0.1, 0.15) is 0 Å². The summed E-state index contributed by atoms with van der Waals surface area (Å²) in [6, 6.07) is 8.53. The minimum absolute atomic E-state index is 0.323. The number of nitrogens with zero attached hydrogens (tertiary/aromatic N) is 2. The summed E-state index contributed by atoms with van der Waals surface area (Å²) < 4.78 is 5.04. The molecule has 0 bridgehead atoms. The number of hydrogen-bond donors (Lipinski definition) is 1. The predicted octanol–water partition coefficient (Wildman–Crippen LogP) is 2.21. The average molecular weight is 299 g/mol. The molecule has 1 saturated heterocycles. The summed E-state index contributed by atoms with van der Waals surface area (Å²) in [5.74, 6) is -0.323. The number of esters is 1. The topological polar surface area (TPSA) is 54.5 Å². The smallest absolute Gasteiger partial charge is 0.339 e. The largest absolute Gasteiger partial charge is 0.462 e. The normalized spacial score (nSPS) is 17.6. The number of anilines is 1. The number of nitrogens with one attached hydrogen (secondary N) is 1. The number of ether oxygens (including phenoxy) is 1. The van der Waals surface area contributed by atoms with Gasteiger partial charge in [0.15, 0.2) is 0 Å². The summed E-state index contributed by atoms with van der Waals surface area (Å²) in [5.41, 5.74) is 2.52. The molecule has 1 aromatic carbocycles. The van der Waals surface area contributed by atoms with Crippen LogP contribution in [0.2, 0.25) is 0 Å². The number of carbonyl (C=O) groups is 1. The molecule has 5 heteroatoms. The summed E-state index contributed by atoms with van der Waals surface area (Å²) in [5, 5.41) is 4.34. The average Bonchev–Trinajstić information content (AvgIpc) is 3.07. The molecule has 1 aromatic heterocycles. The maximum absolute atomic E-state index is 11.8. The third-order valence-electron chi connectivity index (χ3n) is 4.17. The van der Waals surface area contributed by atoms with E-state index in [9.17, 15) is 4.79 Å². The van der Waals surface area contributed by atoms with E-state index in [1.165, 1.54) is 0 Å². The first kappa shape index (κ1) is 14.8. The van der Waals surface area contributed by atoms with Crippen LogP contribution >= 0.6 is 0 Å². The molecule has 2 heterocycles. The van der Waals surface area contributed by atoms with Crippen molar-refractivity contribution in [1.82, 2.24) is 10.3 Å². The van der Waals surface area contributed by atoms with Crippen LogP contribution in [-0.4, -0.2) is 43.7 Å². The van der Waals surface area contributed by atoms with Crippen LogP contribution in [0.25, 0.3) is 10.9 Å². The van der Waals surface area contributed by atoms with Crippen LogP contribution in [0.3, 0.4) is 0 Å². The summed E-state index contributed by atoms with van der Waals surface area (Å²) in [7, 11) is 2.11. The second kappa shape index (κ2) is 6.32. The molecule has 1 fully saturated rings. The number of fused-ring (bicyclic) bond motifs is 1. The Morgan fingerprint density at radius 2 is 2.32 bits per heavy atom. The fraction of sp³-hybridized carbons (Fsp3) is 0.412. The number of hydrogen-bond acceptors (Lipinski definition) is 5. The summed E-state index contributed by atoms with van der Waals surface area (Å²) in [6.45, 7) is 4.25. The first-order valence-electron chi connectivity index (χ1n) is 7.69. The zero-order chi connectivity index (χ0) is 15.5. The number of aromatic nitrogens is 1. The van der Waals surface area contributed by atoms with E-state index >= 15 is 0 Å². The van der Waals surface area contributed by atoms with Gasteiger partial charge >= 0.3 is 5.97 Å². The van der Waals surface area contributed by atoms with E-state index in [-0.39, 0.29) is 5.97 Å². The first-order valence-corrected chi connectivity index (χ1v) is 7.69. The highest BCUT2D eigenvalue weighted by molar-refractivity contribution is 5.94. The molecular formula is C17H21N3O2. The van der Waals surface area contributed by atoms with Crippen molar-refractivity contribution in [3.63, 3.8) is 0 Å². The quantitative estimate of drug-likeness (QED) is 0.877. The number of carbonyl (C=O) groups excluding carboxylic acids is 1. The molecule has 0 aliphatic carbocycles. The molecule has 0 radical (unpaired) electrons. The first-order chi connectivity index (χ1) is 10.7. The molecule has 1 atom stereocenters. The second-order valence-electron chi connectivity index (χ2n) is 5.58. The van der Waals surface area contributed by atoms with Crippen molar-refractivity contribution in [1.29, 1.82) is 0 Å². The lowest BCUT2D eigenvalue weighted by molar-refractivity contribution is 0.0526. The van der Waals surface area contributed by atoms with E-state index < -0.39 is 0 Å². The summed E-state index contributed by atoms with van der Waals surface area (Å²) in [4.78, 5) is 18.5. The lowest BCUT2D eigenvalue weighted by atomic mass is 10.1. The molecule has 1 aliphatic heterocycles. The van der Waals surface area contributed by atoms with E-state index in [0.717, 1.165) is 36.1 Å². The maximum Gasteiger partial charge on any atom is 0.339 e. The van der Waals surface area contributed by atoms with E-state index in [4.69, 9.17) is 4.74 Å². The van der Waals surface area contributed by atoms with Crippen molar-refractivity contribution in [3.05, 3.63) is 36.0 Å². The SMILES string of the molecule is CCOC(=O)c1cnc2ccc(N(C)C3CCNC3)cc2c1. The van der Waals surface area contributed by atoms with Gasteiger partial charge in [0.2, 0.25) is 0 Å². The fourth-order valence-electron chi connectivity index (χ4n) is 2.85. The van der Waals surface area contributed by atoms with E-state index in [0.29, 0.717) is 18.2 Å². The van der Waals surface area contributed by atoms with Gasteiger partial charge in [0, 0.05) is 36.9 Å². The predicted molar refractivity (Wildman–Crippen MR) is 87.4 cm³/mol. The Kier molecular flexibility index (Phi) is 4.24. The van der Waals surface area contributed by atoms with Crippen molar-refractivity contribution >= 4 is 22.6 Å². The standard InChI is InChI=1S/C17H21N3O2/c1-3-22-17(21)13-8-12-9-14(4-5-16(12)19-10-13)20(2)15-6-7-18-11-15/h4-5,8-10,15,18H,3,6-7,11H2,1-2H3. The van der Waals surface area contributed by atoms with Crippen LogP contribution in [0.5, 0.6) is 0 Å². The molecule has 0 spiro atoms. The molecule has 3 rings (SSSR count). The van der Waals surface area contributed by atoms with Gasteiger partial charge in [-0.25, -0.2) is 4.79 Å². The number of benzene rings is 1. The van der Waals surface area contributed by atoms with E-state index in [1.807, 2.05) is 12.1 Å². The van der Waals surface area contributed by atoms with Gasteiger partial charge in [-0.3, -0.25) is 4.98 Å². The van der Waals surface area contributed by atoms with E-state index in [2.05, 4.69) is 34.4 Å². The van der Waals surface area contributed by atoms with Crippen molar-refractivity contribution < 1.29 is 9.53 Å². The fourth-order valence-corrected chi connectivity index (χ4v) is 2.85. The highest BCUT2D eigenvalue weighted by Crippen LogP contribution is 2.24. The third-order valence-corrected chi connectivity index (χ3v) is 4.17. The summed E-state index contributed by atoms with van der Waals surface area (Å²) >= 11 is 0. The van der Waals surface area contributed by atoms with Crippen molar-refractivity contribution in [2.24, 2.45) is 0 Å².